The van der Waals surface area contributed by atoms with Crippen molar-refractivity contribution in [3.8, 4) is 0 Å². The summed E-state index contributed by atoms with van der Waals surface area (Å²) in [5.41, 5.74) is 14.0. The topological polar surface area (TPSA) is 60.2 Å². The number of aromatic nitrogens is 1. The van der Waals surface area contributed by atoms with Crippen LogP contribution in [0.1, 0.15) is 28.8 Å². The third-order valence-electron chi connectivity index (χ3n) is 4.50. The van der Waals surface area contributed by atoms with Crippen molar-refractivity contribution in [1.29, 1.82) is 0 Å². The molecule has 2 aromatic carbocycles. The molecule has 2 atom stereocenters. The maximum absolute atomic E-state index is 6.38. The monoisotopic (exact) mass is 381 g/mol. The van der Waals surface area contributed by atoms with Crippen molar-refractivity contribution >= 4 is 11.3 Å². The van der Waals surface area contributed by atoms with Gasteiger partial charge in [0.1, 0.15) is 6.61 Å². The fourth-order valence-corrected chi connectivity index (χ4v) is 3.59. The fourth-order valence-electron chi connectivity index (χ4n) is 3.08. The normalized spacial score (nSPS) is 13.4. The van der Waals surface area contributed by atoms with Crippen molar-refractivity contribution in [2.24, 2.45) is 5.73 Å². The summed E-state index contributed by atoms with van der Waals surface area (Å²) in [6.45, 7) is 0.534. The van der Waals surface area contributed by atoms with Gasteiger partial charge in [-0.1, -0.05) is 60.7 Å². The van der Waals surface area contributed by atoms with Gasteiger partial charge in [0.2, 0.25) is 0 Å². The Morgan fingerprint density at radius 3 is 2.22 bits per heavy atom. The molecular formula is C22H27N3OS. The predicted octanol–water partition coefficient (Wildman–Crippen LogP) is 4.13. The number of benzene rings is 2. The van der Waals surface area contributed by atoms with Crippen molar-refractivity contribution < 1.29 is 4.84 Å². The number of nitrogens with zero attached hydrogens (tertiary/aromatic N) is 1. The van der Waals surface area contributed by atoms with Crippen molar-refractivity contribution in [3.63, 3.8) is 0 Å². The molecule has 0 aliphatic carbocycles. The number of nitrogens with one attached hydrogen (secondary N) is 1. The minimum absolute atomic E-state index is 0.147. The van der Waals surface area contributed by atoms with E-state index in [0.717, 1.165) is 30.6 Å². The molecule has 4 nitrogen and oxygen atoms in total. The Morgan fingerprint density at radius 1 is 0.926 bits per heavy atom. The van der Waals surface area contributed by atoms with Gasteiger partial charge in [-0.2, -0.15) is 5.48 Å². The molecule has 1 heterocycles. The summed E-state index contributed by atoms with van der Waals surface area (Å²) in [5, 5.41) is 0. The first-order valence-corrected chi connectivity index (χ1v) is 10.3. The molecule has 0 saturated heterocycles. The summed E-state index contributed by atoms with van der Waals surface area (Å²) in [6.07, 6.45) is 5.57. The third-order valence-corrected chi connectivity index (χ3v) is 5.25. The molecule has 0 saturated carbocycles. The van der Waals surface area contributed by atoms with Crippen LogP contribution in [0.25, 0.3) is 0 Å². The first kappa shape index (κ1) is 19.7. The number of nitrogens with two attached hydrogens (primary N) is 1. The van der Waals surface area contributed by atoms with E-state index in [-0.39, 0.29) is 12.1 Å². The van der Waals surface area contributed by atoms with Crippen LogP contribution < -0.4 is 11.2 Å². The molecule has 3 N–H and O–H groups in total. The molecule has 3 rings (SSSR count). The second kappa shape index (κ2) is 10.9. The van der Waals surface area contributed by atoms with Gasteiger partial charge in [0.15, 0.2) is 0 Å². The average molecular weight is 382 g/mol. The van der Waals surface area contributed by atoms with Crippen LogP contribution in [0.3, 0.4) is 0 Å². The molecule has 0 fully saturated rings. The third kappa shape index (κ3) is 7.23. The first-order chi connectivity index (χ1) is 13.3. The number of hydrogen-bond acceptors (Lipinski definition) is 5. The largest absolute Gasteiger partial charge is 0.327 e. The number of hydrogen-bond donors (Lipinski definition) is 2. The van der Waals surface area contributed by atoms with E-state index in [1.807, 2.05) is 23.8 Å². The van der Waals surface area contributed by atoms with Gasteiger partial charge in [-0.3, -0.25) is 9.82 Å². The summed E-state index contributed by atoms with van der Waals surface area (Å²) in [6, 6.07) is 21.3. The van der Waals surface area contributed by atoms with Gasteiger partial charge in [-0.05, 0) is 36.8 Å². The van der Waals surface area contributed by atoms with Crippen LogP contribution in [0.5, 0.6) is 0 Å². The van der Waals surface area contributed by atoms with Crippen LogP contribution in [0, 0.1) is 0 Å². The first-order valence-electron chi connectivity index (χ1n) is 9.37. The van der Waals surface area contributed by atoms with E-state index in [2.05, 4.69) is 59.0 Å². The fraction of sp³-hybridized carbons (Fsp3) is 0.318. The molecular weight excluding hydrogens is 354 g/mol. The Hall–Kier alpha value is -2.05. The number of rotatable bonds is 11. The van der Waals surface area contributed by atoms with E-state index < -0.39 is 0 Å². The smallest absolute Gasteiger partial charge is 0.104 e. The lowest BCUT2D eigenvalue weighted by Crippen LogP contribution is -2.34. The van der Waals surface area contributed by atoms with E-state index in [4.69, 9.17) is 10.6 Å². The summed E-state index contributed by atoms with van der Waals surface area (Å²) < 4.78 is 0. The molecule has 0 aliphatic rings. The summed E-state index contributed by atoms with van der Waals surface area (Å²) in [5.74, 6) is 0. The van der Waals surface area contributed by atoms with Crippen LogP contribution in [0.4, 0.5) is 0 Å². The Balaban J connectivity index is 1.50. The van der Waals surface area contributed by atoms with Crippen LogP contribution in [-0.4, -0.2) is 17.1 Å². The van der Waals surface area contributed by atoms with Crippen LogP contribution in [-0.2, 0) is 24.3 Å². The molecule has 27 heavy (non-hydrogen) atoms. The van der Waals surface area contributed by atoms with Crippen LogP contribution in [0.2, 0.25) is 0 Å². The summed E-state index contributed by atoms with van der Waals surface area (Å²) in [7, 11) is 0. The molecule has 3 aromatic rings. The highest BCUT2D eigenvalue weighted by atomic mass is 32.1. The van der Waals surface area contributed by atoms with Gasteiger partial charge in [-0.25, -0.2) is 0 Å². The van der Waals surface area contributed by atoms with E-state index in [9.17, 15) is 0 Å². The zero-order chi connectivity index (χ0) is 18.7. The zero-order valence-electron chi connectivity index (χ0n) is 15.5. The summed E-state index contributed by atoms with van der Waals surface area (Å²) in [4.78, 5) is 10.9. The molecule has 0 bridgehead atoms. The highest BCUT2D eigenvalue weighted by Crippen LogP contribution is 2.13. The Bertz CT molecular complexity index is 750. The Kier molecular flexibility index (Phi) is 7.99. The maximum Gasteiger partial charge on any atom is 0.104 e. The number of hydroxylamine groups is 1. The summed E-state index contributed by atoms with van der Waals surface area (Å²) >= 11 is 1.60. The van der Waals surface area contributed by atoms with Crippen LogP contribution >= 0.6 is 11.3 Å². The average Bonchev–Trinajstić information content (AvgIpc) is 3.21. The van der Waals surface area contributed by atoms with E-state index in [1.54, 1.807) is 11.3 Å². The van der Waals surface area contributed by atoms with Crippen molar-refractivity contribution in [1.82, 2.24) is 10.5 Å². The number of thiazole rings is 1. The Morgan fingerprint density at radius 2 is 1.59 bits per heavy atom. The van der Waals surface area contributed by atoms with Gasteiger partial charge in [-0.15, -0.1) is 11.3 Å². The minimum atomic E-state index is 0.147. The van der Waals surface area contributed by atoms with Gasteiger partial charge < -0.3 is 5.73 Å². The molecule has 0 aliphatic heterocycles. The van der Waals surface area contributed by atoms with Crippen molar-refractivity contribution in [2.45, 2.75) is 44.4 Å². The van der Waals surface area contributed by atoms with Gasteiger partial charge in [0, 0.05) is 18.3 Å². The maximum atomic E-state index is 6.38. The Labute approximate surface area is 165 Å². The molecule has 0 amide bonds. The molecule has 1 aromatic heterocycles. The lowest BCUT2D eigenvalue weighted by atomic mass is 9.97. The van der Waals surface area contributed by atoms with Crippen LogP contribution in [0.15, 0.2) is 72.4 Å². The lowest BCUT2D eigenvalue weighted by molar-refractivity contribution is 0.00226. The SMILES string of the molecule is N[C@H](CC[C@H](Cc1ccccc1)NOCc1cncs1)Cc1ccccc1. The molecule has 0 spiro atoms. The highest BCUT2D eigenvalue weighted by molar-refractivity contribution is 7.09. The highest BCUT2D eigenvalue weighted by Gasteiger charge is 2.13. The zero-order valence-corrected chi connectivity index (χ0v) is 16.3. The minimum Gasteiger partial charge on any atom is -0.327 e. The standard InChI is InChI=1S/C22H27N3OS/c23-20(13-18-7-3-1-4-8-18)11-12-21(14-19-9-5-2-6-10-19)25-26-16-22-15-24-17-27-22/h1-10,15,17,20-21,25H,11-14,16,23H2/t20-,21-/m1/s1. The molecule has 5 heteroatoms. The molecule has 0 radical (unpaired) electrons. The van der Waals surface area contributed by atoms with Crippen molar-refractivity contribution in [2.75, 3.05) is 0 Å². The lowest BCUT2D eigenvalue weighted by Gasteiger charge is -2.20. The van der Waals surface area contributed by atoms with E-state index in [1.165, 1.54) is 11.1 Å². The van der Waals surface area contributed by atoms with E-state index >= 15 is 0 Å². The van der Waals surface area contributed by atoms with Gasteiger partial charge in [0.05, 0.1) is 10.4 Å². The second-order valence-corrected chi connectivity index (χ2v) is 7.76. The molecule has 0 unspecified atom stereocenters. The van der Waals surface area contributed by atoms with E-state index in [0.29, 0.717) is 6.61 Å². The quantitative estimate of drug-likeness (QED) is 0.490. The van der Waals surface area contributed by atoms with Gasteiger partial charge in [0.25, 0.3) is 0 Å². The molecule has 142 valence electrons. The van der Waals surface area contributed by atoms with Crippen molar-refractivity contribution in [3.05, 3.63) is 88.4 Å². The van der Waals surface area contributed by atoms with Gasteiger partial charge >= 0.3 is 0 Å². The second-order valence-electron chi connectivity index (χ2n) is 6.79. The predicted molar refractivity (Wildman–Crippen MR) is 111 cm³/mol.